The Balaban J connectivity index is 3.72. The van der Waals surface area contributed by atoms with Crippen molar-refractivity contribution in [2.45, 2.75) is 31.9 Å². The van der Waals surface area contributed by atoms with Crippen LogP contribution in [0.4, 0.5) is 0 Å². The Morgan fingerprint density at radius 1 is 1.50 bits per heavy atom. The van der Waals surface area contributed by atoms with Crippen molar-refractivity contribution >= 4 is 10.0 Å². The third kappa shape index (κ3) is 4.31. The normalized spacial score (nSPS) is 11.5. The Morgan fingerprint density at radius 3 is 2.50 bits per heavy atom. The maximum absolute atomic E-state index is 11.1. The van der Waals surface area contributed by atoms with Crippen molar-refractivity contribution in [1.82, 2.24) is 4.72 Å². The van der Waals surface area contributed by atoms with Gasteiger partial charge in [0.25, 0.3) is 0 Å². The van der Waals surface area contributed by atoms with Crippen molar-refractivity contribution in [1.29, 1.82) is 5.26 Å². The van der Waals surface area contributed by atoms with Crippen molar-refractivity contribution in [3.63, 3.8) is 0 Å². The van der Waals surface area contributed by atoms with E-state index in [2.05, 4.69) is 4.72 Å². The molecule has 0 rings (SSSR count). The summed E-state index contributed by atoms with van der Waals surface area (Å²) in [5.74, 6) is 0. The van der Waals surface area contributed by atoms with Crippen molar-refractivity contribution in [3.8, 4) is 6.07 Å². The van der Waals surface area contributed by atoms with Crippen LogP contribution in [0.5, 0.6) is 0 Å². The molecular weight excluding hydrogens is 176 g/mol. The number of hydrogen-bond acceptors (Lipinski definition) is 3. The van der Waals surface area contributed by atoms with Gasteiger partial charge in [0.05, 0.1) is 11.3 Å². The molecule has 0 saturated carbocycles. The van der Waals surface area contributed by atoms with Gasteiger partial charge in [-0.1, -0.05) is 0 Å². The molecule has 0 aliphatic rings. The molecule has 0 heterocycles. The number of nitriles is 1. The molecule has 4 nitrogen and oxygen atoms in total. The Labute approximate surface area is 73.6 Å². The molecule has 12 heavy (non-hydrogen) atoms. The number of rotatable bonds is 5. The molecule has 0 saturated heterocycles. The number of hydrogen-bond donors (Lipinski definition) is 1. The third-order valence-corrected chi connectivity index (χ3v) is 3.24. The molecule has 1 N–H and O–H groups in total. The first-order chi connectivity index (χ1) is 5.50. The van der Waals surface area contributed by atoms with Crippen LogP contribution in [0.2, 0.25) is 0 Å². The van der Waals surface area contributed by atoms with Crippen LogP contribution in [0.25, 0.3) is 0 Å². The number of nitrogens with one attached hydrogen (secondary N) is 1. The number of nitrogens with zero attached hydrogens (tertiary/aromatic N) is 1. The van der Waals surface area contributed by atoms with E-state index in [0.29, 0.717) is 19.4 Å². The molecule has 0 atom stereocenters. The van der Waals surface area contributed by atoms with E-state index in [1.807, 2.05) is 6.07 Å². The molecular formula is C7H14N2O2S. The minimum atomic E-state index is -3.14. The highest BCUT2D eigenvalue weighted by Crippen LogP contribution is 1.96. The minimum Gasteiger partial charge on any atom is -0.215 e. The predicted octanol–water partition coefficient (Wildman–Crippen LogP) is 0.618. The summed E-state index contributed by atoms with van der Waals surface area (Å²) in [6, 6.07) is 1.95. The summed E-state index contributed by atoms with van der Waals surface area (Å²) >= 11 is 0. The average Bonchev–Trinajstić information content (AvgIpc) is 1.98. The molecule has 70 valence electrons. The lowest BCUT2D eigenvalue weighted by molar-refractivity contribution is 0.570. The quantitative estimate of drug-likeness (QED) is 0.646. The molecule has 0 aromatic heterocycles. The molecule has 0 unspecified atom stereocenters. The Bertz CT molecular complexity index is 251. The smallest absolute Gasteiger partial charge is 0.213 e. The lowest BCUT2D eigenvalue weighted by Gasteiger charge is -2.07. The Hall–Kier alpha value is -0.600. The summed E-state index contributed by atoms with van der Waals surface area (Å²) in [4.78, 5) is 0. The van der Waals surface area contributed by atoms with Gasteiger partial charge in [0.15, 0.2) is 0 Å². The fraction of sp³-hybridized carbons (Fsp3) is 0.857. The zero-order chi connectivity index (χ0) is 9.61. The molecule has 0 fully saturated rings. The molecule has 0 aromatic carbocycles. The van der Waals surface area contributed by atoms with Gasteiger partial charge in [0.1, 0.15) is 0 Å². The van der Waals surface area contributed by atoms with Gasteiger partial charge in [-0.15, -0.1) is 0 Å². The molecule has 0 aliphatic heterocycles. The van der Waals surface area contributed by atoms with E-state index in [9.17, 15) is 8.42 Å². The van der Waals surface area contributed by atoms with Gasteiger partial charge in [0.2, 0.25) is 10.0 Å². The Morgan fingerprint density at radius 2 is 2.08 bits per heavy atom. The van der Waals surface area contributed by atoms with E-state index in [-0.39, 0.29) is 0 Å². The minimum absolute atomic E-state index is 0.355. The van der Waals surface area contributed by atoms with Gasteiger partial charge >= 0.3 is 0 Å². The van der Waals surface area contributed by atoms with E-state index in [0.717, 1.165) is 0 Å². The van der Waals surface area contributed by atoms with E-state index in [1.54, 1.807) is 13.8 Å². The number of sulfonamides is 1. The molecule has 0 amide bonds. The average molecular weight is 190 g/mol. The maximum Gasteiger partial charge on any atom is 0.213 e. The monoisotopic (exact) mass is 190 g/mol. The van der Waals surface area contributed by atoms with Crippen LogP contribution in [-0.4, -0.2) is 20.2 Å². The summed E-state index contributed by atoms with van der Waals surface area (Å²) in [6.45, 7) is 3.59. The van der Waals surface area contributed by atoms with Crippen LogP contribution in [0.3, 0.4) is 0 Å². The molecule has 0 bridgehead atoms. The fourth-order valence-corrected chi connectivity index (χ4v) is 1.31. The van der Waals surface area contributed by atoms with E-state index in [4.69, 9.17) is 5.26 Å². The first-order valence-corrected chi connectivity index (χ1v) is 5.40. The highest BCUT2D eigenvalue weighted by molar-refractivity contribution is 7.90. The molecule has 0 spiro atoms. The lowest BCUT2D eigenvalue weighted by atomic mass is 10.3. The maximum atomic E-state index is 11.1. The van der Waals surface area contributed by atoms with Crippen LogP contribution in [0, 0.1) is 11.3 Å². The van der Waals surface area contributed by atoms with Gasteiger partial charge in [-0.05, 0) is 20.3 Å². The summed E-state index contributed by atoms with van der Waals surface area (Å²) < 4.78 is 24.6. The first kappa shape index (κ1) is 11.4. The molecule has 5 heteroatoms. The lowest BCUT2D eigenvalue weighted by Crippen LogP contribution is -2.31. The summed E-state index contributed by atoms with van der Waals surface area (Å²) in [5, 5.41) is 7.77. The van der Waals surface area contributed by atoms with Crippen molar-refractivity contribution in [2.75, 3.05) is 6.54 Å². The molecule has 0 aromatic rings. The van der Waals surface area contributed by atoms with E-state index in [1.165, 1.54) is 0 Å². The van der Waals surface area contributed by atoms with Gasteiger partial charge in [0, 0.05) is 13.0 Å². The van der Waals surface area contributed by atoms with Gasteiger partial charge < -0.3 is 0 Å². The second kappa shape index (κ2) is 5.12. The van der Waals surface area contributed by atoms with Crippen LogP contribution in [0.1, 0.15) is 26.7 Å². The van der Waals surface area contributed by atoms with Gasteiger partial charge in [-0.2, -0.15) is 5.26 Å². The van der Waals surface area contributed by atoms with E-state index < -0.39 is 15.3 Å². The van der Waals surface area contributed by atoms with Crippen molar-refractivity contribution in [2.24, 2.45) is 0 Å². The highest BCUT2D eigenvalue weighted by atomic mass is 32.2. The second-order valence-corrected chi connectivity index (χ2v) is 5.07. The largest absolute Gasteiger partial charge is 0.215 e. The zero-order valence-electron chi connectivity index (χ0n) is 7.37. The molecule has 0 radical (unpaired) electrons. The summed E-state index contributed by atoms with van der Waals surface area (Å²) in [7, 11) is -3.14. The van der Waals surface area contributed by atoms with Crippen LogP contribution in [0.15, 0.2) is 0 Å². The van der Waals surface area contributed by atoms with Crippen molar-refractivity contribution in [3.05, 3.63) is 0 Å². The summed E-state index contributed by atoms with van der Waals surface area (Å²) in [5.41, 5.74) is 0. The standard InChI is InChI=1S/C7H14N2O2S/c1-7(2)12(10,11)9-6-4-3-5-8/h7,9H,3-4,6H2,1-2H3. The summed E-state index contributed by atoms with van der Waals surface area (Å²) in [6.07, 6.45) is 0.961. The second-order valence-electron chi connectivity index (χ2n) is 2.75. The highest BCUT2D eigenvalue weighted by Gasteiger charge is 2.13. The Kier molecular flexibility index (Phi) is 4.86. The van der Waals surface area contributed by atoms with Gasteiger partial charge in [-0.25, -0.2) is 13.1 Å². The van der Waals surface area contributed by atoms with Crippen molar-refractivity contribution < 1.29 is 8.42 Å². The van der Waals surface area contributed by atoms with Crippen LogP contribution >= 0.6 is 0 Å². The van der Waals surface area contributed by atoms with Crippen LogP contribution in [-0.2, 0) is 10.0 Å². The first-order valence-electron chi connectivity index (χ1n) is 3.86. The van der Waals surface area contributed by atoms with Crippen LogP contribution < -0.4 is 4.72 Å². The van der Waals surface area contributed by atoms with E-state index >= 15 is 0 Å². The topological polar surface area (TPSA) is 70.0 Å². The van der Waals surface area contributed by atoms with Gasteiger partial charge in [-0.3, -0.25) is 0 Å². The molecule has 0 aliphatic carbocycles. The number of unbranched alkanes of at least 4 members (excludes halogenated alkanes) is 1. The zero-order valence-corrected chi connectivity index (χ0v) is 8.19. The third-order valence-electron chi connectivity index (χ3n) is 1.39. The predicted molar refractivity (Wildman–Crippen MR) is 46.9 cm³/mol. The fourth-order valence-electron chi connectivity index (χ4n) is 0.549. The SMILES string of the molecule is CC(C)S(=O)(=O)NCCCC#N.